The molecule has 0 spiro atoms. The van der Waals surface area contributed by atoms with Gasteiger partial charge in [0.15, 0.2) is 0 Å². The third-order valence-corrected chi connectivity index (χ3v) is 7.88. The molecule has 35 heavy (non-hydrogen) atoms. The summed E-state index contributed by atoms with van der Waals surface area (Å²) in [5.74, 6) is 0. The zero-order valence-corrected chi connectivity index (χ0v) is 25.6. The van der Waals surface area contributed by atoms with Crippen LogP contribution >= 0.6 is 0 Å². The van der Waals surface area contributed by atoms with Crippen LogP contribution in [0.4, 0.5) is 0 Å². The van der Waals surface area contributed by atoms with E-state index >= 15 is 0 Å². The number of hydrogen-bond acceptors (Lipinski definition) is 3. The Kier molecular flexibility index (Phi) is 17.5. The van der Waals surface area contributed by atoms with E-state index in [1.165, 1.54) is 107 Å². The Morgan fingerprint density at radius 1 is 0.629 bits per heavy atom. The maximum absolute atomic E-state index is 11.9. The molecule has 0 unspecified atom stereocenters. The number of unbranched alkanes of at least 4 members (excludes halogenated alkanes) is 14. The average Bonchev–Trinajstić information content (AvgIpc) is 2.81. The van der Waals surface area contributed by atoms with Gasteiger partial charge >= 0.3 is 29.6 Å². The van der Waals surface area contributed by atoms with Crippen LogP contribution in [0.1, 0.15) is 128 Å². The second-order valence-electron chi connectivity index (χ2n) is 10.0. The molecule has 0 saturated heterocycles. The number of rotatable bonds is 19. The van der Waals surface area contributed by atoms with Crippen LogP contribution in [0, 0.1) is 0 Å². The first-order valence-corrected chi connectivity index (χ1v) is 15.4. The smallest absolute Gasteiger partial charge is 0.744 e. The van der Waals surface area contributed by atoms with Crippen molar-refractivity contribution in [3.8, 4) is 0 Å². The Morgan fingerprint density at radius 3 is 1.63 bits per heavy atom. The Morgan fingerprint density at radius 2 is 1.11 bits per heavy atom. The van der Waals surface area contributed by atoms with Gasteiger partial charge in [0.1, 0.15) is 10.1 Å². The van der Waals surface area contributed by atoms with Crippen molar-refractivity contribution in [3.05, 3.63) is 41.5 Å². The molecule has 192 valence electrons. The summed E-state index contributed by atoms with van der Waals surface area (Å²) in [5.41, 5.74) is 2.37. The van der Waals surface area contributed by atoms with E-state index < -0.39 is 10.1 Å². The summed E-state index contributed by atoms with van der Waals surface area (Å²) in [7, 11) is -4.49. The third kappa shape index (κ3) is 12.6. The standard InChI is InChI=1S/C30H48O3S.Na/c1-3-5-7-9-11-13-15-17-20-26-24-27(21-18-16-14-12-10-8-6-4-2)28-22-19-23-30(29(28)25-26)34(31,32)33;/h19,22-25H,3-18,20-21H2,1-2H3,(H,31,32,33);/q;+1/p-1. The Bertz CT molecular complexity index is 940. The van der Waals surface area contributed by atoms with E-state index in [0.717, 1.165) is 31.1 Å². The van der Waals surface area contributed by atoms with Crippen molar-refractivity contribution < 1.29 is 42.5 Å². The van der Waals surface area contributed by atoms with Crippen LogP contribution < -0.4 is 29.6 Å². The van der Waals surface area contributed by atoms with Gasteiger partial charge in [-0.3, -0.25) is 0 Å². The van der Waals surface area contributed by atoms with Crippen LogP contribution in [0.25, 0.3) is 10.8 Å². The summed E-state index contributed by atoms with van der Waals surface area (Å²) in [6.07, 6.45) is 22.2. The van der Waals surface area contributed by atoms with Crippen molar-refractivity contribution in [1.29, 1.82) is 0 Å². The van der Waals surface area contributed by atoms with Crippen molar-refractivity contribution in [1.82, 2.24) is 0 Å². The molecule has 2 aromatic rings. The SMILES string of the molecule is CCCCCCCCCCc1cc(CCCCCCCCCC)c2cccc(S(=O)(=O)[O-])c2c1.[Na+]. The van der Waals surface area contributed by atoms with E-state index in [1.807, 2.05) is 12.1 Å². The zero-order chi connectivity index (χ0) is 24.7. The maximum atomic E-state index is 11.9. The van der Waals surface area contributed by atoms with Crippen LogP contribution in [0.3, 0.4) is 0 Å². The van der Waals surface area contributed by atoms with Gasteiger partial charge in [0, 0.05) is 0 Å². The predicted molar refractivity (Wildman–Crippen MR) is 145 cm³/mol. The summed E-state index contributed by atoms with van der Waals surface area (Å²) >= 11 is 0. The second-order valence-corrected chi connectivity index (χ2v) is 11.4. The molecule has 0 atom stereocenters. The van der Waals surface area contributed by atoms with Gasteiger partial charge in [-0.2, -0.15) is 0 Å². The Balaban J connectivity index is 0.00000612. The van der Waals surface area contributed by atoms with Crippen molar-refractivity contribution in [2.24, 2.45) is 0 Å². The summed E-state index contributed by atoms with van der Waals surface area (Å²) in [4.78, 5) is -0.0695. The molecule has 2 rings (SSSR count). The summed E-state index contributed by atoms with van der Waals surface area (Å²) < 4.78 is 35.8. The van der Waals surface area contributed by atoms with Crippen molar-refractivity contribution >= 4 is 20.9 Å². The molecule has 0 aliphatic rings. The molecule has 5 heteroatoms. The van der Waals surface area contributed by atoms with Gasteiger partial charge in [0.05, 0.1) is 4.90 Å². The monoisotopic (exact) mass is 510 g/mol. The van der Waals surface area contributed by atoms with Crippen LogP contribution in [-0.4, -0.2) is 13.0 Å². The fraction of sp³-hybridized carbons (Fsp3) is 0.667. The average molecular weight is 511 g/mol. The summed E-state index contributed by atoms with van der Waals surface area (Å²) in [6.45, 7) is 4.49. The minimum atomic E-state index is -4.49. The first-order chi connectivity index (χ1) is 16.5. The van der Waals surface area contributed by atoms with E-state index in [1.54, 1.807) is 6.07 Å². The molecule has 0 N–H and O–H groups in total. The molecule has 0 aliphatic carbocycles. The Labute approximate surface area is 237 Å². The quantitative estimate of drug-likeness (QED) is 0.130. The van der Waals surface area contributed by atoms with Gasteiger partial charge in [-0.05, 0) is 59.7 Å². The molecule has 0 fully saturated rings. The first-order valence-electron chi connectivity index (χ1n) is 14.0. The minimum absolute atomic E-state index is 0. The zero-order valence-electron chi connectivity index (χ0n) is 22.7. The summed E-state index contributed by atoms with van der Waals surface area (Å²) in [6, 6.07) is 9.38. The maximum Gasteiger partial charge on any atom is 1.00 e. The molecule has 0 amide bonds. The molecular formula is C30H47NaO3S. The molecule has 0 aliphatic heterocycles. The van der Waals surface area contributed by atoms with Crippen LogP contribution in [0.15, 0.2) is 35.2 Å². The molecule has 0 saturated carbocycles. The van der Waals surface area contributed by atoms with Crippen LogP contribution in [0.5, 0.6) is 0 Å². The van der Waals surface area contributed by atoms with Gasteiger partial charge in [-0.15, -0.1) is 0 Å². The van der Waals surface area contributed by atoms with E-state index in [9.17, 15) is 13.0 Å². The van der Waals surface area contributed by atoms with Gasteiger partial charge in [0.25, 0.3) is 0 Å². The van der Waals surface area contributed by atoms with Gasteiger partial charge < -0.3 is 4.55 Å². The van der Waals surface area contributed by atoms with Crippen molar-refractivity contribution in [3.63, 3.8) is 0 Å². The van der Waals surface area contributed by atoms with E-state index in [2.05, 4.69) is 19.9 Å². The van der Waals surface area contributed by atoms with Crippen LogP contribution in [-0.2, 0) is 23.0 Å². The van der Waals surface area contributed by atoms with Gasteiger partial charge in [-0.1, -0.05) is 122 Å². The minimum Gasteiger partial charge on any atom is -0.744 e. The molecule has 3 nitrogen and oxygen atoms in total. The Hall–Kier alpha value is -0.390. The van der Waals surface area contributed by atoms with E-state index in [0.29, 0.717) is 5.39 Å². The van der Waals surface area contributed by atoms with Gasteiger partial charge in [-0.25, -0.2) is 8.42 Å². The first kappa shape index (κ1) is 32.6. The largest absolute Gasteiger partial charge is 1.00 e. The van der Waals surface area contributed by atoms with E-state index in [4.69, 9.17) is 0 Å². The molecule has 0 bridgehead atoms. The van der Waals surface area contributed by atoms with Crippen LogP contribution in [0.2, 0.25) is 0 Å². The second kappa shape index (κ2) is 18.8. The van der Waals surface area contributed by atoms with Gasteiger partial charge in [0.2, 0.25) is 0 Å². The fourth-order valence-corrected chi connectivity index (χ4v) is 5.67. The molecule has 2 aromatic carbocycles. The predicted octanol–water partition coefficient (Wildman–Crippen LogP) is 6.11. The molecule has 0 aromatic heterocycles. The molecular weight excluding hydrogens is 463 g/mol. The number of benzene rings is 2. The van der Waals surface area contributed by atoms with E-state index in [-0.39, 0.29) is 34.5 Å². The van der Waals surface area contributed by atoms with Crippen molar-refractivity contribution in [2.75, 3.05) is 0 Å². The third-order valence-electron chi connectivity index (χ3n) is 6.99. The summed E-state index contributed by atoms with van der Waals surface area (Å²) in [5, 5.41) is 1.55. The number of fused-ring (bicyclic) bond motifs is 1. The van der Waals surface area contributed by atoms with Crippen molar-refractivity contribution in [2.45, 2.75) is 134 Å². The fourth-order valence-electron chi connectivity index (χ4n) is 4.98. The topological polar surface area (TPSA) is 57.2 Å². The number of hydrogen-bond donors (Lipinski definition) is 0. The normalized spacial score (nSPS) is 11.6. The number of aryl methyl sites for hydroxylation is 2. The molecule has 0 radical (unpaired) electrons. The molecule has 0 heterocycles.